The van der Waals surface area contributed by atoms with Crippen LogP contribution < -0.4 is 4.74 Å². The molecular weight excluding hydrogens is 353 g/mol. The van der Waals surface area contributed by atoms with Crippen LogP contribution in [0.1, 0.15) is 6.92 Å². The van der Waals surface area contributed by atoms with E-state index in [0.717, 1.165) is 0 Å². The van der Waals surface area contributed by atoms with Crippen LogP contribution >= 0.6 is 11.6 Å². The number of carbonyl (C=O) groups is 1. The number of aliphatic carboxylic acids is 1. The van der Waals surface area contributed by atoms with Gasteiger partial charge in [-0.3, -0.25) is 0 Å². The molecule has 9 heteroatoms. The summed E-state index contributed by atoms with van der Waals surface area (Å²) in [5, 5.41) is 16.8. The third-order valence-electron chi connectivity index (χ3n) is 3.10. The number of benzene rings is 1. The van der Waals surface area contributed by atoms with Gasteiger partial charge >= 0.3 is 5.97 Å². The predicted octanol–water partition coefficient (Wildman–Crippen LogP) is 3.08. The number of aromatic nitrogens is 2. The molecule has 132 valence electrons. The first-order chi connectivity index (χ1) is 11.9. The Kier molecular flexibility index (Phi) is 6.13. The molecular formula is C16H15ClFN3O4. The van der Waals surface area contributed by atoms with E-state index in [1.807, 2.05) is 0 Å². The molecule has 0 saturated heterocycles. The Labute approximate surface area is 147 Å². The summed E-state index contributed by atoms with van der Waals surface area (Å²) in [6.07, 6.45) is 3.06. The molecule has 0 bridgehead atoms. The molecule has 25 heavy (non-hydrogen) atoms. The fourth-order valence-electron chi connectivity index (χ4n) is 1.91. The van der Waals surface area contributed by atoms with E-state index in [-0.39, 0.29) is 28.9 Å². The summed E-state index contributed by atoms with van der Waals surface area (Å²) in [7, 11) is 1.26. The number of halogens is 2. The third kappa shape index (κ3) is 4.80. The number of carboxylic acid groups (broad SMARTS) is 1. The Balaban J connectivity index is 2.05. The van der Waals surface area contributed by atoms with Crippen LogP contribution in [-0.2, 0) is 9.63 Å². The van der Waals surface area contributed by atoms with Gasteiger partial charge in [-0.2, -0.15) is 0 Å². The molecule has 0 unspecified atom stereocenters. The van der Waals surface area contributed by atoms with Crippen LogP contribution in [0.4, 0.5) is 4.39 Å². The standard InChI is InChI=1S/C16H15ClFN3O4/c1-10(15(16(22)23)20-24-2)6-8-25-14-5-7-21(19-14)13-4-3-11(17)9-12(13)18/h3-7,9H,8H2,1-2H3,(H,22,23)/b10-6-,20-15+. The molecule has 0 amide bonds. The Morgan fingerprint density at radius 1 is 1.48 bits per heavy atom. The Morgan fingerprint density at radius 2 is 2.24 bits per heavy atom. The molecule has 0 spiro atoms. The minimum absolute atomic E-state index is 0.0575. The smallest absolute Gasteiger partial charge is 0.358 e. The molecule has 0 radical (unpaired) electrons. The van der Waals surface area contributed by atoms with Crippen LogP contribution in [0, 0.1) is 5.82 Å². The van der Waals surface area contributed by atoms with E-state index in [0.29, 0.717) is 5.57 Å². The van der Waals surface area contributed by atoms with Crippen molar-refractivity contribution in [2.75, 3.05) is 13.7 Å². The zero-order valence-corrected chi connectivity index (χ0v) is 14.2. The van der Waals surface area contributed by atoms with E-state index in [1.54, 1.807) is 19.1 Å². The highest BCUT2D eigenvalue weighted by molar-refractivity contribution is 6.42. The normalized spacial score (nSPS) is 12.2. The Hall–Kier alpha value is -2.87. The predicted molar refractivity (Wildman–Crippen MR) is 89.9 cm³/mol. The van der Waals surface area contributed by atoms with E-state index in [1.165, 1.54) is 36.2 Å². The topological polar surface area (TPSA) is 85.9 Å². The van der Waals surface area contributed by atoms with Crippen molar-refractivity contribution in [1.29, 1.82) is 0 Å². The van der Waals surface area contributed by atoms with Gasteiger partial charge in [0.05, 0.1) is 0 Å². The van der Waals surface area contributed by atoms with Gasteiger partial charge in [-0.1, -0.05) is 16.8 Å². The number of nitrogens with zero attached hydrogens (tertiary/aromatic N) is 3. The highest BCUT2D eigenvalue weighted by Crippen LogP contribution is 2.19. The summed E-state index contributed by atoms with van der Waals surface area (Å²) in [5.41, 5.74) is 0.378. The second kappa shape index (κ2) is 8.29. The molecule has 7 nitrogen and oxygen atoms in total. The minimum Gasteiger partial charge on any atom is -0.476 e. The second-order valence-corrected chi connectivity index (χ2v) is 5.26. The van der Waals surface area contributed by atoms with Crippen LogP contribution in [0.5, 0.6) is 5.88 Å². The lowest BCUT2D eigenvalue weighted by atomic mass is 10.2. The largest absolute Gasteiger partial charge is 0.476 e. The maximum absolute atomic E-state index is 13.9. The Bertz CT molecular complexity index is 833. The van der Waals surface area contributed by atoms with Gasteiger partial charge in [0.2, 0.25) is 5.88 Å². The first-order valence-corrected chi connectivity index (χ1v) is 7.45. The molecule has 0 aliphatic rings. The van der Waals surface area contributed by atoms with Crippen molar-refractivity contribution in [3.05, 3.63) is 53.0 Å². The molecule has 0 fully saturated rings. The van der Waals surface area contributed by atoms with Gasteiger partial charge in [0.1, 0.15) is 25.2 Å². The van der Waals surface area contributed by atoms with E-state index >= 15 is 0 Å². The van der Waals surface area contributed by atoms with Gasteiger partial charge in [-0.15, -0.1) is 5.10 Å². The zero-order chi connectivity index (χ0) is 18.4. The first kappa shape index (κ1) is 18.5. The number of oxime groups is 1. The van der Waals surface area contributed by atoms with Crippen LogP contribution in [-0.4, -0.2) is 40.3 Å². The SMILES string of the molecule is CO/N=C(C(=O)O)\C(C)=C/COc1ccn(-c2ccc(Cl)cc2F)n1. The van der Waals surface area contributed by atoms with Crippen molar-refractivity contribution in [3.63, 3.8) is 0 Å². The van der Waals surface area contributed by atoms with Gasteiger partial charge in [0.25, 0.3) is 0 Å². The van der Waals surface area contributed by atoms with Crippen molar-refractivity contribution in [1.82, 2.24) is 9.78 Å². The maximum atomic E-state index is 13.9. The monoisotopic (exact) mass is 367 g/mol. The van der Waals surface area contributed by atoms with E-state index in [2.05, 4.69) is 15.1 Å². The number of carboxylic acids is 1. The van der Waals surface area contributed by atoms with Crippen LogP contribution in [0.15, 0.2) is 47.3 Å². The summed E-state index contributed by atoms with van der Waals surface area (Å²) in [4.78, 5) is 15.5. The van der Waals surface area contributed by atoms with Crippen molar-refractivity contribution in [2.45, 2.75) is 6.92 Å². The van der Waals surface area contributed by atoms with E-state index in [4.69, 9.17) is 21.4 Å². The zero-order valence-electron chi connectivity index (χ0n) is 13.4. The molecule has 0 aliphatic heterocycles. The average molecular weight is 368 g/mol. The highest BCUT2D eigenvalue weighted by atomic mass is 35.5. The number of hydrogen-bond acceptors (Lipinski definition) is 5. The van der Waals surface area contributed by atoms with Gasteiger partial charge in [0.15, 0.2) is 5.71 Å². The number of rotatable bonds is 7. The molecule has 0 aliphatic carbocycles. The average Bonchev–Trinajstić information content (AvgIpc) is 3.00. The third-order valence-corrected chi connectivity index (χ3v) is 3.34. The van der Waals surface area contributed by atoms with Gasteiger partial charge in [-0.05, 0) is 36.8 Å². The molecule has 0 saturated carbocycles. The summed E-state index contributed by atoms with van der Waals surface area (Å²) >= 11 is 5.72. The van der Waals surface area contributed by atoms with Crippen molar-refractivity contribution >= 4 is 23.3 Å². The summed E-state index contributed by atoms with van der Waals surface area (Å²) in [6.45, 7) is 1.62. The number of hydrogen-bond donors (Lipinski definition) is 1. The molecule has 1 aromatic carbocycles. The summed E-state index contributed by atoms with van der Waals surface area (Å²) < 4.78 is 20.6. The molecule has 1 N–H and O–H groups in total. The van der Waals surface area contributed by atoms with E-state index < -0.39 is 11.8 Å². The highest BCUT2D eigenvalue weighted by Gasteiger charge is 2.13. The van der Waals surface area contributed by atoms with Crippen molar-refractivity contribution < 1.29 is 23.9 Å². The quantitative estimate of drug-likeness (QED) is 0.600. The summed E-state index contributed by atoms with van der Waals surface area (Å²) in [5.74, 6) is -1.48. The fourth-order valence-corrected chi connectivity index (χ4v) is 2.06. The fraction of sp³-hybridized carbons (Fsp3) is 0.188. The maximum Gasteiger partial charge on any atom is 0.358 e. The van der Waals surface area contributed by atoms with Crippen LogP contribution in [0.2, 0.25) is 5.02 Å². The Morgan fingerprint density at radius 3 is 2.88 bits per heavy atom. The second-order valence-electron chi connectivity index (χ2n) is 4.82. The lowest BCUT2D eigenvalue weighted by Crippen LogP contribution is -2.15. The lowest BCUT2D eigenvalue weighted by molar-refractivity contribution is -0.129. The van der Waals surface area contributed by atoms with Gasteiger partial charge in [-0.25, -0.2) is 13.9 Å². The molecule has 2 aromatic rings. The van der Waals surface area contributed by atoms with Gasteiger partial charge < -0.3 is 14.7 Å². The van der Waals surface area contributed by atoms with Gasteiger partial charge in [0, 0.05) is 17.3 Å². The molecule has 0 atom stereocenters. The molecule has 1 heterocycles. The van der Waals surface area contributed by atoms with E-state index in [9.17, 15) is 9.18 Å². The lowest BCUT2D eigenvalue weighted by Gasteiger charge is -2.04. The van der Waals surface area contributed by atoms with Crippen molar-refractivity contribution in [3.8, 4) is 11.6 Å². The summed E-state index contributed by atoms with van der Waals surface area (Å²) in [6, 6.07) is 5.79. The van der Waals surface area contributed by atoms with Crippen LogP contribution in [0.25, 0.3) is 5.69 Å². The molecule has 1 aromatic heterocycles. The number of ether oxygens (including phenoxy) is 1. The van der Waals surface area contributed by atoms with Crippen molar-refractivity contribution in [2.24, 2.45) is 5.16 Å². The molecule has 2 rings (SSSR count). The minimum atomic E-state index is -1.21. The first-order valence-electron chi connectivity index (χ1n) is 7.08. The van der Waals surface area contributed by atoms with Crippen LogP contribution in [0.3, 0.4) is 0 Å².